The Morgan fingerprint density at radius 3 is 2.48 bits per heavy atom. The second-order valence-corrected chi connectivity index (χ2v) is 7.18. The van der Waals surface area contributed by atoms with Gasteiger partial charge in [0.05, 0.1) is 18.1 Å². The summed E-state index contributed by atoms with van der Waals surface area (Å²) >= 11 is 0. The van der Waals surface area contributed by atoms with Crippen LogP contribution in [0.3, 0.4) is 0 Å². The Morgan fingerprint density at radius 2 is 2.00 bits per heavy atom. The Labute approximate surface area is 133 Å². The molecule has 0 amide bonds. The lowest BCUT2D eigenvalue weighted by Gasteiger charge is -2.16. The van der Waals surface area contributed by atoms with Crippen molar-refractivity contribution < 1.29 is 17.2 Å². The van der Waals surface area contributed by atoms with E-state index in [4.69, 9.17) is 0 Å². The van der Waals surface area contributed by atoms with E-state index in [0.29, 0.717) is 11.2 Å². The Bertz CT molecular complexity index is 797. The van der Waals surface area contributed by atoms with Crippen LogP contribution in [-0.2, 0) is 23.1 Å². The maximum absolute atomic E-state index is 12.7. The summed E-state index contributed by atoms with van der Waals surface area (Å²) in [6, 6.07) is 0. The molecule has 0 atom stereocenters. The highest BCUT2D eigenvalue weighted by molar-refractivity contribution is 7.89. The molecule has 2 rings (SSSR count). The highest BCUT2D eigenvalue weighted by Crippen LogP contribution is 2.22. The topological polar surface area (TPSA) is 73.0 Å². The third-order valence-electron chi connectivity index (χ3n) is 3.66. The summed E-state index contributed by atoms with van der Waals surface area (Å²) in [5.41, 5.74) is 1.67. The van der Waals surface area contributed by atoms with Crippen molar-refractivity contribution in [1.29, 1.82) is 0 Å². The Balaban J connectivity index is 2.30. The second-order valence-electron chi connectivity index (χ2n) is 5.17. The van der Waals surface area contributed by atoms with E-state index >= 15 is 0 Å². The highest BCUT2D eigenvalue weighted by atomic mass is 32.2. The van der Waals surface area contributed by atoms with E-state index in [0.717, 1.165) is 21.8 Å². The number of aromatic nitrogens is 4. The lowest BCUT2D eigenvalue weighted by atomic mass is 10.2. The Hall–Kier alpha value is -1.81. The van der Waals surface area contributed by atoms with Crippen molar-refractivity contribution in [1.82, 2.24) is 23.9 Å². The average Bonchev–Trinajstić information content (AvgIpc) is 3.03. The number of halogens is 2. The van der Waals surface area contributed by atoms with Crippen LogP contribution >= 0.6 is 0 Å². The number of aryl methyl sites for hydroxylation is 2. The van der Waals surface area contributed by atoms with Gasteiger partial charge in [0.2, 0.25) is 10.0 Å². The van der Waals surface area contributed by atoms with E-state index in [1.54, 1.807) is 10.9 Å². The SMILES string of the molecule is CCn1ncc(CN(C)S(=O)(=O)c2cn(C(F)F)nc2C)c1C. The molecule has 0 aromatic carbocycles. The summed E-state index contributed by atoms with van der Waals surface area (Å²) in [4.78, 5) is -0.221. The molecule has 2 heterocycles. The van der Waals surface area contributed by atoms with Gasteiger partial charge in [-0.2, -0.15) is 23.3 Å². The van der Waals surface area contributed by atoms with Crippen molar-refractivity contribution in [3.8, 4) is 0 Å². The molecule has 0 aliphatic heterocycles. The summed E-state index contributed by atoms with van der Waals surface area (Å²) in [7, 11) is -2.52. The molecule has 0 radical (unpaired) electrons. The fourth-order valence-electron chi connectivity index (χ4n) is 2.27. The summed E-state index contributed by atoms with van der Waals surface area (Å²) < 4.78 is 53.7. The zero-order chi connectivity index (χ0) is 17.4. The van der Waals surface area contributed by atoms with Crippen LogP contribution < -0.4 is 0 Å². The van der Waals surface area contributed by atoms with E-state index in [1.807, 2.05) is 13.8 Å². The number of nitrogens with zero attached hydrogens (tertiary/aromatic N) is 5. The maximum Gasteiger partial charge on any atom is 0.333 e. The van der Waals surface area contributed by atoms with Gasteiger partial charge in [-0.25, -0.2) is 13.1 Å². The zero-order valence-corrected chi connectivity index (χ0v) is 14.2. The molecule has 0 bridgehead atoms. The van der Waals surface area contributed by atoms with Gasteiger partial charge in [0.15, 0.2) is 0 Å². The minimum atomic E-state index is -3.92. The van der Waals surface area contributed by atoms with Crippen LogP contribution in [0.25, 0.3) is 0 Å². The van der Waals surface area contributed by atoms with Gasteiger partial charge < -0.3 is 0 Å². The molecule has 10 heteroatoms. The number of rotatable bonds is 6. The Morgan fingerprint density at radius 1 is 1.35 bits per heavy atom. The third kappa shape index (κ3) is 3.27. The van der Waals surface area contributed by atoms with Gasteiger partial charge in [-0.15, -0.1) is 0 Å². The van der Waals surface area contributed by atoms with Crippen molar-refractivity contribution in [2.24, 2.45) is 0 Å². The van der Waals surface area contributed by atoms with Crippen molar-refractivity contribution in [3.63, 3.8) is 0 Å². The molecule has 2 aromatic rings. The van der Waals surface area contributed by atoms with Gasteiger partial charge in [-0.1, -0.05) is 0 Å². The van der Waals surface area contributed by atoms with Crippen molar-refractivity contribution in [3.05, 3.63) is 29.3 Å². The standard InChI is InChI=1S/C13H19F2N5O2S/c1-5-19-10(3)11(6-16-19)7-18(4)23(21,22)12-8-20(13(14)15)17-9(12)2/h6,8,13H,5,7H2,1-4H3. The van der Waals surface area contributed by atoms with Crippen LogP contribution in [0.4, 0.5) is 8.78 Å². The minimum absolute atomic E-state index is 0.0399. The number of hydrogen-bond acceptors (Lipinski definition) is 4. The van der Waals surface area contributed by atoms with E-state index in [1.165, 1.54) is 14.0 Å². The first-order chi connectivity index (χ1) is 10.7. The molecule has 128 valence electrons. The summed E-state index contributed by atoms with van der Waals surface area (Å²) in [6.45, 7) is 3.09. The van der Waals surface area contributed by atoms with Crippen LogP contribution in [0, 0.1) is 13.8 Å². The molecule has 0 saturated carbocycles. The highest BCUT2D eigenvalue weighted by Gasteiger charge is 2.27. The molecular formula is C13H19F2N5O2S. The van der Waals surface area contributed by atoms with E-state index < -0.39 is 16.6 Å². The molecule has 0 spiro atoms. The zero-order valence-electron chi connectivity index (χ0n) is 13.4. The lowest BCUT2D eigenvalue weighted by Crippen LogP contribution is -2.27. The minimum Gasteiger partial charge on any atom is -0.270 e. The van der Waals surface area contributed by atoms with Crippen LogP contribution in [0.1, 0.15) is 30.4 Å². The monoisotopic (exact) mass is 347 g/mol. The van der Waals surface area contributed by atoms with Gasteiger partial charge >= 0.3 is 6.55 Å². The molecular weight excluding hydrogens is 328 g/mol. The van der Waals surface area contributed by atoms with Crippen LogP contribution in [0.2, 0.25) is 0 Å². The number of hydrogen-bond donors (Lipinski definition) is 0. The van der Waals surface area contributed by atoms with Gasteiger partial charge in [-0.05, 0) is 20.8 Å². The fourth-order valence-corrected chi connectivity index (χ4v) is 3.57. The summed E-state index contributed by atoms with van der Waals surface area (Å²) in [6.07, 6.45) is 2.47. The molecule has 0 saturated heterocycles. The molecule has 2 aromatic heterocycles. The molecule has 0 aliphatic rings. The molecule has 0 fully saturated rings. The van der Waals surface area contributed by atoms with Crippen molar-refractivity contribution in [2.45, 2.75) is 45.3 Å². The quantitative estimate of drug-likeness (QED) is 0.800. The average molecular weight is 347 g/mol. The lowest BCUT2D eigenvalue weighted by molar-refractivity contribution is 0.0561. The van der Waals surface area contributed by atoms with Crippen LogP contribution in [-0.4, -0.2) is 39.3 Å². The van der Waals surface area contributed by atoms with E-state index in [-0.39, 0.29) is 17.1 Å². The fraction of sp³-hybridized carbons (Fsp3) is 0.538. The summed E-state index contributed by atoms with van der Waals surface area (Å²) in [5, 5.41) is 7.71. The molecule has 0 unspecified atom stereocenters. The predicted molar refractivity (Wildman–Crippen MR) is 79.5 cm³/mol. The van der Waals surface area contributed by atoms with E-state index in [9.17, 15) is 17.2 Å². The third-order valence-corrected chi connectivity index (χ3v) is 5.56. The number of alkyl halides is 2. The largest absolute Gasteiger partial charge is 0.333 e. The first-order valence-corrected chi connectivity index (χ1v) is 8.44. The van der Waals surface area contributed by atoms with Gasteiger partial charge in [-0.3, -0.25) is 4.68 Å². The first kappa shape index (κ1) is 17.5. The maximum atomic E-state index is 12.7. The van der Waals surface area contributed by atoms with Gasteiger partial charge in [0.1, 0.15) is 4.90 Å². The predicted octanol–water partition coefficient (Wildman–Crippen LogP) is 1.93. The molecule has 0 N–H and O–H groups in total. The smallest absolute Gasteiger partial charge is 0.270 e. The van der Waals surface area contributed by atoms with Crippen LogP contribution in [0.15, 0.2) is 17.3 Å². The summed E-state index contributed by atoms with van der Waals surface area (Å²) in [5.74, 6) is 0. The van der Waals surface area contributed by atoms with Crippen molar-refractivity contribution >= 4 is 10.0 Å². The molecule has 0 aliphatic carbocycles. The first-order valence-electron chi connectivity index (χ1n) is 7.00. The van der Waals surface area contributed by atoms with Crippen LogP contribution in [0.5, 0.6) is 0 Å². The number of sulfonamides is 1. The Kier molecular flexibility index (Phi) is 4.85. The van der Waals surface area contributed by atoms with Gasteiger partial charge in [0, 0.05) is 31.4 Å². The molecule has 7 nitrogen and oxygen atoms in total. The van der Waals surface area contributed by atoms with E-state index in [2.05, 4.69) is 10.2 Å². The van der Waals surface area contributed by atoms with Crippen molar-refractivity contribution in [2.75, 3.05) is 7.05 Å². The molecule has 23 heavy (non-hydrogen) atoms. The van der Waals surface area contributed by atoms with Gasteiger partial charge in [0.25, 0.3) is 0 Å². The normalized spacial score (nSPS) is 12.5. The second kappa shape index (κ2) is 6.36.